The van der Waals surface area contributed by atoms with Crippen LogP contribution in [-0.4, -0.2) is 15.7 Å². The molecule has 16 heavy (non-hydrogen) atoms. The Balaban J connectivity index is 2.97. The lowest BCUT2D eigenvalue weighted by Crippen LogP contribution is -2.20. The highest BCUT2D eigenvalue weighted by Crippen LogP contribution is 2.20. The normalized spacial score (nSPS) is 11.9. The van der Waals surface area contributed by atoms with Crippen LogP contribution in [0.3, 0.4) is 0 Å². The van der Waals surface area contributed by atoms with Crippen LogP contribution in [0.4, 0.5) is 15.8 Å². The summed E-state index contributed by atoms with van der Waals surface area (Å²) in [5.41, 5.74) is -0.347. The van der Waals surface area contributed by atoms with E-state index in [9.17, 15) is 19.3 Å². The molecule has 1 unspecified atom stereocenters. The van der Waals surface area contributed by atoms with Gasteiger partial charge < -0.3 is 5.32 Å². The van der Waals surface area contributed by atoms with E-state index in [-0.39, 0.29) is 5.69 Å². The van der Waals surface area contributed by atoms with E-state index < -0.39 is 27.2 Å². The number of hydrogen-bond acceptors (Lipinski definition) is 3. The van der Waals surface area contributed by atoms with E-state index in [0.717, 1.165) is 18.2 Å². The molecule has 0 spiro atoms. The molecule has 0 heterocycles. The molecule has 0 bridgehead atoms. The lowest BCUT2D eigenvalue weighted by molar-refractivity contribution is -0.385. The Labute approximate surface area is 98.9 Å². The SMILES string of the molecule is CC(Br)C(=O)Nc1cc(F)cc([N+](=O)[O-])c1. The van der Waals surface area contributed by atoms with Gasteiger partial charge in [-0.25, -0.2) is 4.39 Å². The van der Waals surface area contributed by atoms with Crippen LogP contribution in [0.15, 0.2) is 18.2 Å². The fourth-order valence-electron chi connectivity index (χ4n) is 0.993. The number of carbonyl (C=O) groups excluding carboxylic acids is 1. The van der Waals surface area contributed by atoms with Crippen LogP contribution in [0.5, 0.6) is 0 Å². The summed E-state index contributed by atoms with van der Waals surface area (Å²) in [4.78, 5) is 20.5. The summed E-state index contributed by atoms with van der Waals surface area (Å²) in [6.45, 7) is 1.59. The Morgan fingerprint density at radius 3 is 2.69 bits per heavy atom. The van der Waals surface area contributed by atoms with Gasteiger partial charge in [0, 0.05) is 6.07 Å². The van der Waals surface area contributed by atoms with Gasteiger partial charge in [0.1, 0.15) is 5.82 Å². The number of alkyl halides is 1. The fraction of sp³-hybridized carbons (Fsp3) is 0.222. The lowest BCUT2D eigenvalue weighted by Gasteiger charge is -2.06. The van der Waals surface area contributed by atoms with E-state index >= 15 is 0 Å². The molecule has 0 fully saturated rings. The van der Waals surface area contributed by atoms with Crippen molar-refractivity contribution in [2.45, 2.75) is 11.8 Å². The number of anilines is 1. The summed E-state index contributed by atoms with van der Waals surface area (Å²) in [6, 6.07) is 2.89. The van der Waals surface area contributed by atoms with Crippen molar-refractivity contribution in [3.63, 3.8) is 0 Å². The molecule has 1 atom stereocenters. The lowest BCUT2D eigenvalue weighted by atomic mass is 10.2. The maximum absolute atomic E-state index is 13.0. The van der Waals surface area contributed by atoms with Crippen LogP contribution in [-0.2, 0) is 4.79 Å². The van der Waals surface area contributed by atoms with Gasteiger partial charge in [-0.2, -0.15) is 0 Å². The van der Waals surface area contributed by atoms with Crippen LogP contribution in [0.2, 0.25) is 0 Å². The standard InChI is InChI=1S/C9H8BrFN2O3/c1-5(10)9(14)12-7-2-6(11)3-8(4-7)13(15)16/h2-5H,1H3,(H,12,14). The first kappa shape index (κ1) is 12.6. The first-order valence-corrected chi connectivity index (χ1v) is 5.21. The predicted octanol–water partition coefficient (Wildman–Crippen LogP) is 2.46. The van der Waals surface area contributed by atoms with E-state index in [1.54, 1.807) is 6.92 Å². The average molecular weight is 291 g/mol. The molecular weight excluding hydrogens is 283 g/mol. The maximum Gasteiger partial charge on any atom is 0.274 e. The number of benzene rings is 1. The summed E-state index contributed by atoms with van der Waals surface area (Å²) in [6.07, 6.45) is 0. The number of nitrogens with one attached hydrogen (secondary N) is 1. The van der Waals surface area contributed by atoms with E-state index in [4.69, 9.17) is 0 Å². The van der Waals surface area contributed by atoms with Crippen LogP contribution < -0.4 is 5.32 Å². The molecule has 0 aliphatic carbocycles. The third kappa shape index (κ3) is 3.27. The third-order valence-corrected chi connectivity index (χ3v) is 2.14. The van der Waals surface area contributed by atoms with E-state index in [1.807, 2.05) is 0 Å². The highest BCUT2D eigenvalue weighted by molar-refractivity contribution is 9.10. The monoisotopic (exact) mass is 290 g/mol. The number of nitro groups is 1. The van der Waals surface area contributed by atoms with Crippen molar-refractivity contribution in [3.8, 4) is 0 Å². The highest BCUT2D eigenvalue weighted by Gasteiger charge is 2.13. The molecule has 0 saturated carbocycles. The Kier molecular flexibility index (Phi) is 3.94. The number of nitrogens with zero attached hydrogens (tertiary/aromatic N) is 1. The van der Waals surface area contributed by atoms with Gasteiger partial charge in [0.05, 0.1) is 21.5 Å². The summed E-state index contributed by atoms with van der Waals surface area (Å²) < 4.78 is 13.0. The minimum absolute atomic E-state index is 0.0583. The molecule has 0 aromatic heterocycles. The van der Waals surface area contributed by atoms with Crippen molar-refractivity contribution in [1.29, 1.82) is 0 Å². The van der Waals surface area contributed by atoms with Gasteiger partial charge in [-0.3, -0.25) is 14.9 Å². The van der Waals surface area contributed by atoms with Gasteiger partial charge in [-0.05, 0) is 13.0 Å². The molecule has 1 aromatic rings. The zero-order chi connectivity index (χ0) is 12.3. The topological polar surface area (TPSA) is 72.2 Å². The van der Waals surface area contributed by atoms with E-state index in [0.29, 0.717) is 0 Å². The van der Waals surface area contributed by atoms with Crippen molar-refractivity contribution >= 4 is 33.2 Å². The Morgan fingerprint density at radius 1 is 1.56 bits per heavy atom. The highest BCUT2D eigenvalue weighted by atomic mass is 79.9. The van der Waals surface area contributed by atoms with E-state index in [1.165, 1.54) is 0 Å². The van der Waals surface area contributed by atoms with Crippen molar-refractivity contribution < 1.29 is 14.1 Å². The maximum atomic E-state index is 13.0. The predicted molar refractivity (Wildman–Crippen MR) is 60.1 cm³/mol. The van der Waals surface area contributed by atoms with Crippen LogP contribution in [0.25, 0.3) is 0 Å². The molecule has 86 valence electrons. The second kappa shape index (κ2) is 5.02. The molecule has 1 rings (SSSR count). The number of carbonyl (C=O) groups is 1. The summed E-state index contributed by atoms with van der Waals surface area (Å²) in [7, 11) is 0. The summed E-state index contributed by atoms with van der Waals surface area (Å²) in [5.74, 6) is -1.17. The third-order valence-electron chi connectivity index (χ3n) is 1.72. The minimum atomic E-state index is -0.772. The number of halogens is 2. The van der Waals surface area contributed by atoms with Crippen LogP contribution in [0, 0.1) is 15.9 Å². The first-order chi connectivity index (χ1) is 7.40. The van der Waals surface area contributed by atoms with Crippen molar-refractivity contribution in [1.82, 2.24) is 0 Å². The second-order valence-corrected chi connectivity index (χ2v) is 4.43. The molecular formula is C9H8BrFN2O3. The van der Waals surface area contributed by atoms with Gasteiger partial charge in [-0.15, -0.1) is 0 Å². The molecule has 5 nitrogen and oxygen atoms in total. The zero-order valence-electron chi connectivity index (χ0n) is 8.24. The fourth-order valence-corrected chi connectivity index (χ4v) is 1.11. The number of nitro benzene ring substituents is 1. The number of hydrogen-bond donors (Lipinski definition) is 1. The minimum Gasteiger partial charge on any atom is -0.325 e. The van der Waals surface area contributed by atoms with Gasteiger partial charge in [-0.1, -0.05) is 15.9 Å². The number of amides is 1. The summed E-state index contributed by atoms with van der Waals surface area (Å²) in [5, 5.41) is 12.8. The van der Waals surface area contributed by atoms with Gasteiger partial charge in [0.2, 0.25) is 5.91 Å². The van der Waals surface area contributed by atoms with Crippen molar-refractivity contribution in [2.24, 2.45) is 0 Å². The zero-order valence-corrected chi connectivity index (χ0v) is 9.82. The van der Waals surface area contributed by atoms with Crippen LogP contribution >= 0.6 is 15.9 Å². The Morgan fingerprint density at radius 2 is 2.19 bits per heavy atom. The number of non-ortho nitro benzene ring substituents is 1. The molecule has 0 radical (unpaired) electrons. The largest absolute Gasteiger partial charge is 0.325 e. The molecule has 1 N–H and O–H groups in total. The first-order valence-electron chi connectivity index (χ1n) is 4.30. The van der Waals surface area contributed by atoms with Gasteiger partial charge >= 0.3 is 0 Å². The molecule has 0 aliphatic heterocycles. The van der Waals surface area contributed by atoms with E-state index in [2.05, 4.69) is 21.2 Å². The molecule has 0 aliphatic rings. The Bertz CT molecular complexity index is 437. The van der Waals surface area contributed by atoms with Gasteiger partial charge in [0.15, 0.2) is 0 Å². The molecule has 7 heteroatoms. The quantitative estimate of drug-likeness (QED) is 0.528. The van der Waals surface area contributed by atoms with Crippen molar-refractivity contribution in [2.75, 3.05) is 5.32 Å². The molecule has 1 aromatic carbocycles. The van der Waals surface area contributed by atoms with Gasteiger partial charge in [0.25, 0.3) is 5.69 Å². The molecule has 0 saturated heterocycles. The average Bonchev–Trinajstić information content (AvgIpc) is 2.16. The number of rotatable bonds is 3. The smallest absolute Gasteiger partial charge is 0.274 e. The molecule has 1 amide bonds. The van der Waals surface area contributed by atoms with Crippen LogP contribution in [0.1, 0.15) is 6.92 Å². The Hall–Kier alpha value is -1.50. The second-order valence-electron chi connectivity index (χ2n) is 3.06. The summed E-state index contributed by atoms with van der Waals surface area (Å²) >= 11 is 3.02. The van der Waals surface area contributed by atoms with Crippen molar-refractivity contribution in [3.05, 3.63) is 34.1 Å².